The first-order chi connectivity index (χ1) is 16.6. The van der Waals surface area contributed by atoms with E-state index in [1.807, 2.05) is 91.0 Å². The number of benzene rings is 3. The first-order valence-corrected chi connectivity index (χ1v) is 12.0. The first kappa shape index (κ1) is 22.1. The second-order valence-electron chi connectivity index (χ2n) is 7.76. The predicted molar refractivity (Wildman–Crippen MR) is 139 cm³/mol. The molecule has 1 aliphatic heterocycles. The molecule has 1 unspecified atom stereocenters. The average Bonchev–Trinajstić information content (AvgIpc) is 3.19. The Labute approximate surface area is 206 Å². The van der Waals surface area contributed by atoms with Crippen LogP contribution in [0.15, 0.2) is 107 Å². The molecule has 0 saturated carbocycles. The third kappa shape index (κ3) is 4.53. The molecule has 0 saturated heterocycles. The largest absolute Gasteiger partial charge is 0.490 e. The Balaban J connectivity index is 1.62. The normalized spacial score (nSPS) is 15.3. The molecule has 6 heteroatoms. The minimum atomic E-state index is -0.277. The number of allylic oxidation sites excluding steroid dienone is 1. The van der Waals surface area contributed by atoms with Gasteiger partial charge in [-0.1, -0.05) is 90.2 Å². The van der Waals surface area contributed by atoms with Gasteiger partial charge < -0.3 is 4.74 Å². The second kappa shape index (κ2) is 9.67. The predicted octanol–water partition coefficient (Wildman–Crippen LogP) is 5.22. The maximum absolute atomic E-state index is 13.5. The van der Waals surface area contributed by atoms with Crippen LogP contribution in [0.25, 0.3) is 11.8 Å². The first-order valence-electron chi connectivity index (χ1n) is 10.8. The summed E-state index contributed by atoms with van der Waals surface area (Å²) in [6, 6.07) is 25.0. The summed E-state index contributed by atoms with van der Waals surface area (Å²) in [4.78, 5) is 19.0. The molecule has 1 aromatic heterocycles. The van der Waals surface area contributed by atoms with Crippen molar-refractivity contribution in [2.75, 3.05) is 6.61 Å². The maximum atomic E-state index is 13.5. The lowest BCUT2D eigenvalue weighted by molar-refractivity contribution is 0.363. The second-order valence-corrected chi connectivity index (χ2v) is 9.21. The van der Waals surface area contributed by atoms with Gasteiger partial charge in [-0.15, -0.1) is 0 Å². The minimum absolute atomic E-state index is 0.0703. The van der Waals surface area contributed by atoms with Gasteiger partial charge in [0.25, 0.3) is 5.56 Å². The number of halogens is 1. The van der Waals surface area contributed by atoms with E-state index in [1.54, 1.807) is 10.6 Å². The number of hydrogen-bond donors (Lipinski definition) is 0. The molecule has 168 valence electrons. The van der Waals surface area contributed by atoms with Crippen molar-refractivity contribution in [3.63, 3.8) is 0 Å². The molecular formula is C28H21ClN2O2S. The summed E-state index contributed by atoms with van der Waals surface area (Å²) in [5.41, 5.74) is 3.68. The fourth-order valence-electron chi connectivity index (χ4n) is 3.82. The Morgan fingerprint density at radius 3 is 2.47 bits per heavy atom. The van der Waals surface area contributed by atoms with Gasteiger partial charge in [0, 0.05) is 5.02 Å². The van der Waals surface area contributed by atoms with Gasteiger partial charge in [-0.2, -0.15) is 0 Å². The van der Waals surface area contributed by atoms with Gasteiger partial charge in [0.2, 0.25) is 0 Å². The van der Waals surface area contributed by atoms with Gasteiger partial charge in [-0.3, -0.25) is 9.36 Å². The zero-order chi connectivity index (χ0) is 23.5. The lowest BCUT2D eigenvalue weighted by Gasteiger charge is -2.19. The lowest BCUT2D eigenvalue weighted by Crippen LogP contribution is -2.36. The summed E-state index contributed by atoms with van der Waals surface area (Å²) < 4.78 is 7.93. The molecule has 34 heavy (non-hydrogen) atoms. The van der Waals surface area contributed by atoms with Crippen molar-refractivity contribution in [1.82, 2.24) is 4.57 Å². The zero-order valence-electron chi connectivity index (χ0n) is 18.2. The summed E-state index contributed by atoms with van der Waals surface area (Å²) in [7, 11) is 0. The number of fused-ring (bicyclic) bond motifs is 1. The number of rotatable bonds is 6. The van der Waals surface area contributed by atoms with Crippen LogP contribution in [-0.2, 0) is 0 Å². The van der Waals surface area contributed by atoms with Crippen LogP contribution in [0.3, 0.4) is 0 Å². The van der Waals surface area contributed by atoms with Crippen molar-refractivity contribution < 1.29 is 4.74 Å². The lowest BCUT2D eigenvalue weighted by atomic mass is 10.0. The Hall–Kier alpha value is -3.67. The quantitative estimate of drug-likeness (QED) is 0.352. The Bertz CT molecular complexity index is 1530. The molecule has 5 rings (SSSR count). The smallest absolute Gasteiger partial charge is 0.271 e. The third-order valence-electron chi connectivity index (χ3n) is 5.47. The van der Waals surface area contributed by atoms with Crippen LogP contribution >= 0.6 is 22.9 Å². The van der Waals surface area contributed by atoms with Crippen LogP contribution in [0.2, 0.25) is 5.02 Å². The highest BCUT2D eigenvalue weighted by molar-refractivity contribution is 7.07. The van der Waals surface area contributed by atoms with Gasteiger partial charge in [-0.05, 0) is 53.1 Å². The summed E-state index contributed by atoms with van der Waals surface area (Å²) >= 11 is 7.51. The molecule has 1 aliphatic rings. The monoisotopic (exact) mass is 484 g/mol. The molecule has 1 atom stereocenters. The van der Waals surface area contributed by atoms with E-state index >= 15 is 0 Å². The Morgan fingerprint density at radius 1 is 1.03 bits per heavy atom. The summed E-state index contributed by atoms with van der Waals surface area (Å²) in [5, 5.41) is 0.656. The molecule has 0 N–H and O–H groups in total. The van der Waals surface area contributed by atoms with E-state index in [0.29, 0.717) is 21.0 Å². The molecule has 2 heterocycles. The van der Waals surface area contributed by atoms with E-state index in [-0.39, 0.29) is 11.6 Å². The van der Waals surface area contributed by atoms with Crippen molar-refractivity contribution in [3.8, 4) is 5.75 Å². The van der Waals surface area contributed by atoms with Crippen LogP contribution in [0.5, 0.6) is 5.75 Å². The highest BCUT2D eigenvalue weighted by Crippen LogP contribution is 2.27. The molecule has 3 aromatic carbocycles. The SMILES string of the molecule is C=CCOc1ccc(C=c2sc3n(c2=O)C(c2ccc(Cl)cc2)C=C(c2ccccc2)N=3)cc1. The number of aromatic nitrogens is 1. The number of hydrogen-bond acceptors (Lipinski definition) is 4. The zero-order valence-corrected chi connectivity index (χ0v) is 19.8. The van der Waals surface area contributed by atoms with Gasteiger partial charge in [0.05, 0.1) is 16.3 Å². The van der Waals surface area contributed by atoms with Gasteiger partial charge in [0.15, 0.2) is 4.80 Å². The summed E-state index contributed by atoms with van der Waals surface area (Å²) in [6.45, 7) is 4.11. The molecule has 0 aliphatic carbocycles. The molecular weight excluding hydrogens is 464 g/mol. The fourth-order valence-corrected chi connectivity index (χ4v) is 4.96. The van der Waals surface area contributed by atoms with Crippen molar-refractivity contribution in [2.45, 2.75) is 6.04 Å². The summed E-state index contributed by atoms with van der Waals surface area (Å²) in [6.07, 6.45) is 5.64. The third-order valence-corrected chi connectivity index (χ3v) is 6.71. The van der Waals surface area contributed by atoms with E-state index < -0.39 is 0 Å². The van der Waals surface area contributed by atoms with Crippen LogP contribution in [0, 0.1) is 0 Å². The van der Waals surface area contributed by atoms with Crippen LogP contribution in [0.1, 0.15) is 22.7 Å². The fraction of sp³-hybridized carbons (Fsp3) is 0.0714. The minimum Gasteiger partial charge on any atom is -0.490 e. The van der Waals surface area contributed by atoms with Crippen LogP contribution in [0.4, 0.5) is 0 Å². The molecule has 0 radical (unpaired) electrons. The summed E-state index contributed by atoms with van der Waals surface area (Å²) in [5.74, 6) is 0.758. The van der Waals surface area contributed by atoms with E-state index in [1.165, 1.54) is 11.3 Å². The average molecular weight is 485 g/mol. The number of thiazole rings is 1. The standard InChI is InChI=1S/C28H21ClN2O2S/c1-2-16-33-23-14-8-19(9-15-23)17-26-27(32)31-25(21-10-12-22(29)13-11-21)18-24(30-28(31)34-26)20-6-4-3-5-7-20/h2-15,17-18,25H,1,16H2. The van der Waals surface area contributed by atoms with Crippen molar-refractivity contribution in [2.24, 2.45) is 4.99 Å². The van der Waals surface area contributed by atoms with Crippen molar-refractivity contribution >= 4 is 34.7 Å². The van der Waals surface area contributed by atoms with E-state index in [2.05, 4.69) is 6.58 Å². The van der Waals surface area contributed by atoms with Crippen LogP contribution < -0.4 is 19.6 Å². The highest BCUT2D eigenvalue weighted by atomic mass is 35.5. The molecule has 0 spiro atoms. The molecule has 0 bridgehead atoms. The van der Waals surface area contributed by atoms with Gasteiger partial charge in [0.1, 0.15) is 12.4 Å². The van der Waals surface area contributed by atoms with E-state index in [4.69, 9.17) is 21.3 Å². The highest BCUT2D eigenvalue weighted by Gasteiger charge is 2.22. The molecule has 4 nitrogen and oxygen atoms in total. The van der Waals surface area contributed by atoms with Gasteiger partial charge >= 0.3 is 0 Å². The Morgan fingerprint density at radius 2 is 1.76 bits per heavy atom. The van der Waals surface area contributed by atoms with Crippen LogP contribution in [-0.4, -0.2) is 11.2 Å². The van der Waals surface area contributed by atoms with E-state index in [9.17, 15) is 4.79 Å². The topological polar surface area (TPSA) is 43.6 Å². The Kier molecular flexibility index (Phi) is 6.30. The van der Waals surface area contributed by atoms with E-state index in [0.717, 1.165) is 28.1 Å². The maximum Gasteiger partial charge on any atom is 0.271 e. The number of nitrogens with zero attached hydrogens (tertiary/aromatic N) is 2. The van der Waals surface area contributed by atoms with Gasteiger partial charge in [-0.25, -0.2) is 4.99 Å². The molecule has 0 fully saturated rings. The molecule has 0 amide bonds. The van der Waals surface area contributed by atoms with Crippen molar-refractivity contribution in [3.05, 3.63) is 139 Å². The van der Waals surface area contributed by atoms with Crippen molar-refractivity contribution in [1.29, 1.82) is 0 Å². The molecule has 4 aromatic rings. The number of ether oxygens (including phenoxy) is 1.